The molecule has 1 fully saturated rings. The largest absolute Gasteiger partial charge is 0.395 e. The van der Waals surface area contributed by atoms with Gasteiger partial charge in [-0.05, 0) is 25.7 Å². The van der Waals surface area contributed by atoms with Gasteiger partial charge < -0.3 is 11.1 Å². The predicted octanol–water partition coefficient (Wildman–Crippen LogP) is 1.22. The Morgan fingerprint density at radius 2 is 2.38 bits per heavy atom. The molecule has 0 unspecified atom stereocenters. The number of nitrogens with one attached hydrogen (secondary N) is 2. The summed E-state index contributed by atoms with van der Waals surface area (Å²) in [6.07, 6.45) is 4.98. The Morgan fingerprint density at radius 3 is 2.94 bits per heavy atom. The van der Waals surface area contributed by atoms with E-state index in [1.165, 1.54) is 19.3 Å². The lowest BCUT2D eigenvalue weighted by molar-refractivity contribution is 0.0948. The average Bonchev–Trinajstić information content (AvgIpc) is 3.02. The van der Waals surface area contributed by atoms with Crippen LogP contribution in [0.4, 0.5) is 5.69 Å². The van der Waals surface area contributed by atoms with E-state index in [9.17, 15) is 4.79 Å². The predicted molar refractivity (Wildman–Crippen MR) is 62.0 cm³/mol. The highest BCUT2D eigenvalue weighted by Crippen LogP contribution is 2.33. The molecule has 1 heterocycles. The minimum atomic E-state index is -0.183. The van der Waals surface area contributed by atoms with E-state index in [1.54, 1.807) is 6.92 Å². The van der Waals surface area contributed by atoms with Crippen LogP contribution >= 0.6 is 0 Å². The number of hydrogen-bond donors (Lipinski definition) is 3. The SMILES string of the molecule is Cc1[nH]nc(C(=O)NCCCC2CC2)c1N. The van der Waals surface area contributed by atoms with Crippen molar-refractivity contribution in [2.24, 2.45) is 5.92 Å². The smallest absolute Gasteiger partial charge is 0.273 e. The van der Waals surface area contributed by atoms with Gasteiger partial charge in [0.1, 0.15) is 0 Å². The number of nitrogens with two attached hydrogens (primary N) is 1. The van der Waals surface area contributed by atoms with Crippen LogP contribution in [0.3, 0.4) is 0 Å². The minimum Gasteiger partial charge on any atom is -0.395 e. The zero-order valence-electron chi connectivity index (χ0n) is 9.55. The van der Waals surface area contributed by atoms with Gasteiger partial charge in [0.25, 0.3) is 5.91 Å². The second-order valence-corrected chi connectivity index (χ2v) is 4.45. The van der Waals surface area contributed by atoms with Crippen molar-refractivity contribution >= 4 is 11.6 Å². The molecule has 5 nitrogen and oxygen atoms in total. The zero-order chi connectivity index (χ0) is 11.5. The summed E-state index contributed by atoms with van der Waals surface area (Å²) in [6, 6.07) is 0. The molecule has 1 aliphatic rings. The van der Waals surface area contributed by atoms with Gasteiger partial charge in [0, 0.05) is 6.54 Å². The highest BCUT2D eigenvalue weighted by molar-refractivity contribution is 5.97. The van der Waals surface area contributed by atoms with Gasteiger partial charge in [-0.25, -0.2) is 0 Å². The van der Waals surface area contributed by atoms with Gasteiger partial charge in [-0.2, -0.15) is 5.10 Å². The van der Waals surface area contributed by atoms with Crippen molar-refractivity contribution in [3.8, 4) is 0 Å². The first kappa shape index (κ1) is 11.0. The van der Waals surface area contributed by atoms with Crippen LogP contribution in [0.2, 0.25) is 0 Å². The van der Waals surface area contributed by atoms with Gasteiger partial charge in [0.2, 0.25) is 0 Å². The number of anilines is 1. The standard InChI is InChI=1S/C11H18N4O/c1-7-9(12)10(15-14-7)11(16)13-6-2-3-8-4-5-8/h8H,2-6,12H2,1H3,(H,13,16)(H,14,15). The monoisotopic (exact) mass is 222 g/mol. The first-order chi connectivity index (χ1) is 7.68. The molecule has 0 atom stereocenters. The molecule has 1 aliphatic carbocycles. The second-order valence-electron chi connectivity index (χ2n) is 4.45. The van der Waals surface area contributed by atoms with Crippen molar-refractivity contribution in [3.05, 3.63) is 11.4 Å². The molecule has 0 aromatic carbocycles. The van der Waals surface area contributed by atoms with Crippen LogP contribution in [-0.4, -0.2) is 22.6 Å². The minimum absolute atomic E-state index is 0.183. The number of carbonyl (C=O) groups is 1. The molecular weight excluding hydrogens is 204 g/mol. The number of hydrogen-bond acceptors (Lipinski definition) is 3. The Balaban J connectivity index is 1.76. The highest BCUT2D eigenvalue weighted by atomic mass is 16.1. The number of aromatic nitrogens is 2. The van der Waals surface area contributed by atoms with Crippen molar-refractivity contribution < 1.29 is 4.79 Å². The maximum atomic E-state index is 11.7. The molecule has 0 radical (unpaired) electrons. The molecule has 1 amide bonds. The molecule has 0 bridgehead atoms. The van der Waals surface area contributed by atoms with Crippen molar-refractivity contribution in [2.45, 2.75) is 32.6 Å². The van der Waals surface area contributed by atoms with Gasteiger partial charge in [-0.1, -0.05) is 12.8 Å². The molecule has 16 heavy (non-hydrogen) atoms. The third-order valence-electron chi connectivity index (χ3n) is 2.98. The second kappa shape index (κ2) is 4.55. The van der Waals surface area contributed by atoms with Gasteiger partial charge >= 0.3 is 0 Å². The molecule has 2 rings (SSSR count). The molecule has 1 saturated carbocycles. The molecule has 0 aliphatic heterocycles. The van der Waals surface area contributed by atoms with E-state index < -0.39 is 0 Å². The van der Waals surface area contributed by atoms with Crippen molar-refractivity contribution in [2.75, 3.05) is 12.3 Å². The van der Waals surface area contributed by atoms with E-state index in [0.29, 0.717) is 17.9 Å². The summed E-state index contributed by atoms with van der Waals surface area (Å²) < 4.78 is 0. The molecule has 1 aromatic heterocycles. The van der Waals surface area contributed by atoms with Gasteiger partial charge in [-0.3, -0.25) is 9.89 Å². The van der Waals surface area contributed by atoms with E-state index in [1.807, 2.05) is 0 Å². The number of nitrogen functional groups attached to an aromatic ring is 1. The van der Waals surface area contributed by atoms with Crippen molar-refractivity contribution in [1.82, 2.24) is 15.5 Å². The maximum Gasteiger partial charge on any atom is 0.273 e. The van der Waals surface area contributed by atoms with Crippen LogP contribution in [0, 0.1) is 12.8 Å². The number of aromatic amines is 1. The molecule has 0 spiro atoms. The third-order valence-corrected chi connectivity index (χ3v) is 2.98. The number of H-pyrrole nitrogens is 1. The molecule has 0 saturated heterocycles. The molecule has 4 N–H and O–H groups in total. The first-order valence-electron chi connectivity index (χ1n) is 5.77. The van der Waals surface area contributed by atoms with Gasteiger partial charge in [0.05, 0.1) is 11.4 Å². The Labute approximate surface area is 94.8 Å². The normalized spacial score (nSPS) is 15.1. The van der Waals surface area contributed by atoms with Gasteiger partial charge in [0.15, 0.2) is 5.69 Å². The summed E-state index contributed by atoms with van der Waals surface area (Å²) in [5, 5.41) is 9.41. The topological polar surface area (TPSA) is 83.8 Å². The van der Waals surface area contributed by atoms with E-state index in [-0.39, 0.29) is 5.91 Å². The van der Waals surface area contributed by atoms with Crippen LogP contribution in [0.1, 0.15) is 41.9 Å². The van der Waals surface area contributed by atoms with Crippen LogP contribution in [-0.2, 0) is 0 Å². The lowest BCUT2D eigenvalue weighted by Gasteiger charge is -2.03. The Bertz CT molecular complexity index is 381. The Hall–Kier alpha value is -1.52. The Kier molecular flexibility index (Phi) is 3.12. The first-order valence-corrected chi connectivity index (χ1v) is 5.77. The highest BCUT2D eigenvalue weighted by Gasteiger charge is 2.20. The van der Waals surface area contributed by atoms with Crippen LogP contribution in [0.25, 0.3) is 0 Å². The summed E-state index contributed by atoms with van der Waals surface area (Å²) in [6.45, 7) is 2.51. The van der Waals surface area contributed by atoms with Crippen molar-refractivity contribution in [1.29, 1.82) is 0 Å². The summed E-state index contributed by atoms with van der Waals surface area (Å²) in [4.78, 5) is 11.7. The molecule has 1 aromatic rings. The van der Waals surface area contributed by atoms with E-state index in [0.717, 1.165) is 18.0 Å². The summed E-state index contributed by atoms with van der Waals surface area (Å²) >= 11 is 0. The van der Waals surface area contributed by atoms with Crippen molar-refractivity contribution in [3.63, 3.8) is 0 Å². The van der Waals surface area contributed by atoms with E-state index in [2.05, 4.69) is 15.5 Å². The lowest BCUT2D eigenvalue weighted by atomic mass is 10.2. The molecule has 5 heteroatoms. The average molecular weight is 222 g/mol. The number of rotatable bonds is 5. The fourth-order valence-corrected chi connectivity index (χ4v) is 1.69. The fourth-order valence-electron chi connectivity index (χ4n) is 1.69. The number of carbonyl (C=O) groups excluding carboxylic acids is 1. The van der Waals surface area contributed by atoms with E-state index in [4.69, 9.17) is 5.73 Å². The lowest BCUT2D eigenvalue weighted by Crippen LogP contribution is -2.25. The van der Waals surface area contributed by atoms with E-state index >= 15 is 0 Å². The van der Waals surface area contributed by atoms with Gasteiger partial charge in [-0.15, -0.1) is 0 Å². The summed E-state index contributed by atoms with van der Waals surface area (Å²) in [7, 11) is 0. The zero-order valence-corrected chi connectivity index (χ0v) is 9.55. The van der Waals surface area contributed by atoms with Crippen LogP contribution < -0.4 is 11.1 Å². The summed E-state index contributed by atoms with van der Waals surface area (Å²) in [5.41, 5.74) is 7.20. The quantitative estimate of drug-likeness (QED) is 0.655. The fraction of sp³-hybridized carbons (Fsp3) is 0.636. The maximum absolute atomic E-state index is 11.7. The van der Waals surface area contributed by atoms with Crippen LogP contribution in [0.15, 0.2) is 0 Å². The summed E-state index contributed by atoms with van der Waals surface area (Å²) in [5.74, 6) is 0.729. The third kappa shape index (κ3) is 2.53. The number of nitrogens with zero attached hydrogens (tertiary/aromatic N) is 1. The number of amides is 1. The molecule has 88 valence electrons. The van der Waals surface area contributed by atoms with Crippen LogP contribution in [0.5, 0.6) is 0 Å². The molecular formula is C11H18N4O. The number of aryl methyl sites for hydroxylation is 1. The Morgan fingerprint density at radius 1 is 1.62 bits per heavy atom.